The summed E-state index contributed by atoms with van der Waals surface area (Å²) in [6, 6.07) is 4.44. The van der Waals surface area contributed by atoms with E-state index in [0.29, 0.717) is 6.92 Å². The van der Waals surface area contributed by atoms with E-state index >= 15 is 0 Å². The minimum absolute atomic E-state index is 0.0572. The van der Waals surface area contributed by atoms with Gasteiger partial charge in [0.25, 0.3) is 12.3 Å². The van der Waals surface area contributed by atoms with E-state index in [0.717, 1.165) is 18.3 Å². The number of hydrogen-bond donors (Lipinski definition) is 0. The largest absolute Gasteiger partial charge is 0.448 e. The van der Waals surface area contributed by atoms with Crippen LogP contribution < -0.4 is 0 Å². The smallest absolute Gasteiger partial charge is 0.410 e. The minimum Gasteiger partial charge on any atom is -0.448 e. The number of carbonyl (C=O) groups excluding carboxylic acids is 1. The van der Waals surface area contributed by atoms with Crippen LogP contribution in [0.5, 0.6) is 0 Å². The summed E-state index contributed by atoms with van der Waals surface area (Å²) in [4.78, 5) is 16.6. The number of rotatable bonds is 5. The van der Waals surface area contributed by atoms with E-state index in [4.69, 9.17) is 4.74 Å². The van der Waals surface area contributed by atoms with Crippen LogP contribution >= 0.6 is 0 Å². The van der Waals surface area contributed by atoms with Gasteiger partial charge in [-0.1, -0.05) is 6.07 Å². The first-order chi connectivity index (χ1) is 12.7. The molecule has 0 radical (unpaired) electrons. The van der Waals surface area contributed by atoms with E-state index in [1.54, 1.807) is 0 Å². The number of pyridine rings is 1. The topological polar surface area (TPSA) is 42.4 Å². The van der Waals surface area contributed by atoms with Crippen molar-refractivity contribution in [1.29, 1.82) is 0 Å². The van der Waals surface area contributed by atoms with E-state index in [-0.39, 0.29) is 36.4 Å². The molecule has 1 aliphatic heterocycles. The van der Waals surface area contributed by atoms with Crippen molar-refractivity contribution in [2.75, 3.05) is 13.2 Å². The van der Waals surface area contributed by atoms with Gasteiger partial charge in [-0.15, -0.1) is 0 Å². The van der Waals surface area contributed by atoms with Crippen molar-refractivity contribution < 1.29 is 31.5 Å². The van der Waals surface area contributed by atoms with Crippen LogP contribution in [0.25, 0.3) is 11.1 Å². The summed E-state index contributed by atoms with van der Waals surface area (Å²) in [5, 5.41) is 0. The zero-order chi connectivity index (χ0) is 19.8. The second-order valence-electron chi connectivity index (χ2n) is 6.19. The molecule has 0 saturated carbocycles. The number of aromatic nitrogens is 1. The fourth-order valence-electron chi connectivity index (χ4n) is 2.85. The molecule has 9 heteroatoms. The Labute approximate surface area is 151 Å². The Morgan fingerprint density at radius 3 is 2.59 bits per heavy atom. The second kappa shape index (κ2) is 7.13. The monoisotopic (exact) mass is 386 g/mol. The highest BCUT2D eigenvalue weighted by atomic mass is 19.3. The van der Waals surface area contributed by atoms with Crippen LogP contribution in [0.15, 0.2) is 30.5 Å². The molecule has 0 bridgehead atoms. The molecular formula is C18H15F5N2O2. The van der Waals surface area contributed by atoms with Gasteiger partial charge in [-0.3, -0.25) is 4.98 Å². The van der Waals surface area contributed by atoms with Crippen LogP contribution in [0.1, 0.15) is 30.2 Å². The van der Waals surface area contributed by atoms with E-state index in [9.17, 15) is 26.7 Å². The molecule has 144 valence electrons. The molecule has 1 fully saturated rings. The number of hydrogen-bond acceptors (Lipinski definition) is 3. The van der Waals surface area contributed by atoms with Gasteiger partial charge in [0.1, 0.15) is 18.1 Å². The van der Waals surface area contributed by atoms with E-state index < -0.39 is 35.5 Å². The summed E-state index contributed by atoms with van der Waals surface area (Å²) in [5.41, 5.74) is -0.797. The molecule has 27 heavy (non-hydrogen) atoms. The Balaban J connectivity index is 2.04. The lowest BCUT2D eigenvalue weighted by molar-refractivity contribution is 0.0112. The quantitative estimate of drug-likeness (QED) is 0.688. The highest BCUT2D eigenvalue weighted by molar-refractivity contribution is 5.70. The van der Waals surface area contributed by atoms with Gasteiger partial charge in [0.2, 0.25) is 0 Å². The Hall–Kier alpha value is -2.71. The Kier molecular flexibility index (Phi) is 5.03. The first kappa shape index (κ1) is 19.1. The zero-order valence-corrected chi connectivity index (χ0v) is 14.2. The number of alkyl halides is 4. The normalized spacial score (nSPS) is 14.8. The number of cyclic esters (lactones) is 1. The average molecular weight is 386 g/mol. The van der Waals surface area contributed by atoms with Gasteiger partial charge in [-0.2, -0.15) is 8.78 Å². The molecule has 1 aromatic heterocycles. The fraction of sp³-hybridized carbons (Fsp3) is 0.333. The maximum Gasteiger partial charge on any atom is 0.410 e. The number of halogens is 5. The second-order valence-corrected chi connectivity index (χ2v) is 6.19. The number of nitrogens with zero attached hydrogens (tertiary/aromatic N) is 2. The van der Waals surface area contributed by atoms with Crippen molar-refractivity contribution in [2.45, 2.75) is 25.8 Å². The maximum atomic E-state index is 13.9. The summed E-state index contributed by atoms with van der Waals surface area (Å²) in [6.07, 6.45) is -2.54. The standard InChI is InChI=1S/C18H15F5N2O2/c1-18(22,23)15-12(9-25-4-5-27-17(25)26)6-11(8-24-15)10-2-3-14(19)13(7-10)16(20)21/h2-3,6-8,16H,4-5,9H2,1H3. The van der Waals surface area contributed by atoms with Crippen molar-refractivity contribution in [3.8, 4) is 11.1 Å². The van der Waals surface area contributed by atoms with Gasteiger partial charge >= 0.3 is 6.09 Å². The summed E-state index contributed by atoms with van der Waals surface area (Å²) >= 11 is 0. The van der Waals surface area contributed by atoms with Crippen molar-refractivity contribution in [3.63, 3.8) is 0 Å². The molecule has 3 rings (SSSR count). The lowest BCUT2D eigenvalue weighted by Gasteiger charge is -2.19. The van der Waals surface area contributed by atoms with Crippen LogP contribution in [0.3, 0.4) is 0 Å². The van der Waals surface area contributed by atoms with Crippen molar-refractivity contribution in [3.05, 3.63) is 53.1 Å². The third-order valence-electron chi connectivity index (χ3n) is 4.15. The molecule has 1 saturated heterocycles. The molecule has 0 unspecified atom stereocenters. The van der Waals surface area contributed by atoms with Gasteiger partial charge in [0.05, 0.1) is 18.7 Å². The van der Waals surface area contributed by atoms with E-state index in [1.165, 1.54) is 17.0 Å². The lowest BCUT2D eigenvalue weighted by atomic mass is 10.00. The molecule has 0 spiro atoms. The summed E-state index contributed by atoms with van der Waals surface area (Å²) in [6.45, 7) is 0.901. The molecule has 4 nitrogen and oxygen atoms in total. The van der Waals surface area contributed by atoms with Gasteiger partial charge in [0, 0.05) is 18.7 Å². The van der Waals surface area contributed by atoms with Gasteiger partial charge in [0.15, 0.2) is 0 Å². The average Bonchev–Trinajstić information content (AvgIpc) is 2.99. The van der Waals surface area contributed by atoms with Crippen molar-refractivity contribution >= 4 is 6.09 Å². The number of ether oxygens (including phenoxy) is 1. The van der Waals surface area contributed by atoms with E-state index in [1.807, 2.05) is 0 Å². The van der Waals surface area contributed by atoms with Crippen molar-refractivity contribution in [2.24, 2.45) is 0 Å². The Bertz CT molecular complexity index is 867. The van der Waals surface area contributed by atoms with Crippen LogP contribution in [0.2, 0.25) is 0 Å². The Morgan fingerprint density at radius 2 is 2.00 bits per heavy atom. The maximum absolute atomic E-state index is 13.9. The number of carbonyl (C=O) groups is 1. The highest BCUT2D eigenvalue weighted by Crippen LogP contribution is 2.33. The van der Waals surface area contributed by atoms with Gasteiger partial charge in [-0.05, 0) is 29.3 Å². The molecule has 2 heterocycles. The molecule has 1 aliphatic rings. The SMILES string of the molecule is CC(F)(F)c1ncc(-c2ccc(F)c(C(F)F)c2)cc1CN1CCOC1=O. The van der Waals surface area contributed by atoms with Crippen molar-refractivity contribution in [1.82, 2.24) is 9.88 Å². The number of amides is 1. The summed E-state index contributed by atoms with van der Waals surface area (Å²) in [7, 11) is 0. The molecule has 0 N–H and O–H groups in total. The molecule has 0 aliphatic carbocycles. The van der Waals surface area contributed by atoms with Crippen LogP contribution in [0.4, 0.5) is 26.7 Å². The molecule has 2 aromatic rings. The number of benzene rings is 1. The van der Waals surface area contributed by atoms with Gasteiger partial charge < -0.3 is 9.64 Å². The molecular weight excluding hydrogens is 371 g/mol. The molecule has 1 amide bonds. The van der Waals surface area contributed by atoms with Crippen LogP contribution in [-0.2, 0) is 17.2 Å². The first-order valence-electron chi connectivity index (χ1n) is 8.03. The van der Waals surface area contributed by atoms with E-state index in [2.05, 4.69) is 4.98 Å². The fourth-order valence-corrected chi connectivity index (χ4v) is 2.85. The summed E-state index contributed by atoms with van der Waals surface area (Å²) in [5.74, 6) is -4.33. The third-order valence-corrected chi connectivity index (χ3v) is 4.15. The third kappa shape index (κ3) is 4.01. The predicted octanol–water partition coefficient (Wildman–Crippen LogP) is 4.89. The Morgan fingerprint density at radius 1 is 1.26 bits per heavy atom. The van der Waals surface area contributed by atoms with Crippen LogP contribution in [0, 0.1) is 5.82 Å². The molecule has 0 atom stereocenters. The lowest BCUT2D eigenvalue weighted by Crippen LogP contribution is -2.26. The predicted molar refractivity (Wildman–Crippen MR) is 85.9 cm³/mol. The first-order valence-corrected chi connectivity index (χ1v) is 8.03. The zero-order valence-electron chi connectivity index (χ0n) is 14.2. The van der Waals surface area contributed by atoms with Gasteiger partial charge in [-0.25, -0.2) is 18.0 Å². The molecule has 1 aromatic carbocycles. The minimum atomic E-state index is -3.27. The van der Waals surface area contributed by atoms with Crippen LogP contribution in [-0.4, -0.2) is 29.1 Å². The highest BCUT2D eigenvalue weighted by Gasteiger charge is 2.32. The summed E-state index contributed by atoms with van der Waals surface area (Å²) < 4.78 is 71.9.